The van der Waals surface area contributed by atoms with Gasteiger partial charge in [-0.2, -0.15) is 0 Å². The van der Waals surface area contributed by atoms with Gasteiger partial charge in [0.2, 0.25) is 5.91 Å². The molecule has 5 nitrogen and oxygen atoms in total. The third kappa shape index (κ3) is 4.89. The largest absolute Gasteiger partial charge is 0.508 e. The predicted molar refractivity (Wildman–Crippen MR) is 132 cm³/mol. The number of anilines is 1. The van der Waals surface area contributed by atoms with E-state index in [1.165, 1.54) is 11.3 Å². The molecular formula is C28H37N3O2. The van der Waals surface area contributed by atoms with Crippen LogP contribution in [0.1, 0.15) is 38.2 Å². The van der Waals surface area contributed by atoms with Crippen LogP contribution >= 0.6 is 0 Å². The van der Waals surface area contributed by atoms with Crippen molar-refractivity contribution in [3.05, 3.63) is 60.2 Å². The van der Waals surface area contributed by atoms with E-state index in [1.54, 1.807) is 12.1 Å². The average molecular weight is 448 g/mol. The van der Waals surface area contributed by atoms with E-state index in [1.807, 2.05) is 12.1 Å². The van der Waals surface area contributed by atoms with E-state index in [2.05, 4.69) is 52.0 Å². The second-order valence-corrected chi connectivity index (χ2v) is 10.4. The first-order chi connectivity index (χ1) is 16.0. The summed E-state index contributed by atoms with van der Waals surface area (Å²) in [7, 11) is 0. The van der Waals surface area contributed by atoms with Gasteiger partial charge in [0.05, 0.1) is 0 Å². The molecule has 1 aliphatic carbocycles. The van der Waals surface area contributed by atoms with Crippen LogP contribution in [0.4, 0.5) is 5.69 Å². The van der Waals surface area contributed by atoms with Crippen LogP contribution in [0.2, 0.25) is 0 Å². The highest BCUT2D eigenvalue weighted by molar-refractivity contribution is 5.83. The summed E-state index contributed by atoms with van der Waals surface area (Å²) in [6, 6.07) is 18.7. The Morgan fingerprint density at radius 3 is 2.30 bits per heavy atom. The van der Waals surface area contributed by atoms with E-state index in [-0.39, 0.29) is 11.3 Å². The molecule has 2 atom stereocenters. The summed E-state index contributed by atoms with van der Waals surface area (Å²) >= 11 is 0. The number of carbonyl (C=O) groups excluding carboxylic acids is 1. The lowest BCUT2D eigenvalue weighted by Gasteiger charge is -2.38. The fraction of sp³-hybridized carbons (Fsp3) is 0.536. The van der Waals surface area contributed by atoms with Crippen LogP contribution in [-0.2, 0) is 11.2 Å². The average Bonchev–Trinajstić information content (AvgIpc) is 3.57. The molecule has 0 radical (unpaired) electrons. The lowest BCUT2D eigenvalue weighted by Crippen LogP contribution is -2.50. The zero-order valence-corrected chi connectivity index (χ0v) is 19.8. The number of hydrogen-bond donors (Lipinski definition) is 1. The highest BCUT2D eigenvalue weighted by Gasteiger charge is 2.59. The molecule has 2 heterocycles. The fourth-order valence-corrected chi connectivity index (χ4v) is 5.92. The summed E-state index contributed by atoms with van der Waals surface area (Å²) in [5, 5.41) is 9.46. The van der Waals surface area contributed by atoms with Gasteiger partial charge in [0, 0.05) is 43.8 Å². The van der Waals surface area contributed by atoms with Crippen LogP contribution in [0.25, 0.3) is 0 Å². The number of piperazine rings is 1. The van der Waals surface area contributed by atoms with Gasteiger partial charge in [-0.1, -0.05) is 30.3 Å². The molecule has 1 saturated carbocycles. The van der Waals surface area contributed by atoms with Crippen molar-refractivity contribution in [3.8, 4) is 5.75 Å². The number of benzene rings is 2. The van der Waals surface area contributed by atoms with Crippen molar-refractivity contribution in [2.45, 2.75) is 45.1 Å². The summed E-state index contributed by atoms with van der Waals surface area (Å²) in [5.41, 5.74) is 2.83. The van der Waals surface area contributed by atoms with Crippen molar-refractivity contribution in [2.24, 2.45) is 11.3 Å². The molecule has 1 amide bonds. The second kappa shape index (κ2) is 9.38. The van der Waals surface area contributed by atoms with Crippen molar-refractivity contribution in [3.63, 3.8) is 0 Å². The monoisotopic (exact) mass is 447 g/mol. The molecule has 2 aromatic carbocycles. The molecule has 1 N–H and O–H groups in total. The Bertz CT molecular complexity index is 929. The summed E-state index contributed by atoms with van der Waals surface area (Å²) in [4.78, 5) is 20.4. The highest BCUT2D eigenvalue weighted by Crippen LogP contribution is 2.60. The Kier molecular flexibility index (Phi) is 6.33. The molecule has 176 valence electrons. The van der Waals surface area contributed by atoms with E-state index in [0.29, 0.717) is 17.7 Å². The number of phenolic OH excluding ortho intramolecular Hbond substituents is 1. The van der Waals surface area contributed by atoms with Crippen molar-refractivity contribution in [2.75, 3.05) is 44.2 Å². The lowest BCUT2D eigenvalue weighted by atomic mass is 9.89. The molecule has 2 aliphatic heterocycles. The maximum atomic E-state index is 13.3. The first-order valence-corrected chi connectivity index (χ1v) is 12.6. The molecule has 33 heavy (non-hydrogen) atoms. The number of likely N-dealkylation sites (tertiary alicyclic amines) is 1. The van der Waals surface area contributed by atoms with E-state index in [0.717, 1.165) is 71.4 Å². The van der Waals surface area contributed by atoms with Gasteiger partial charge in [0.1, 0.15) is 5.75 Å². The van der Waals surface area contributed by atoms with Crippen LogP contribution in [0, 0.1) is 11.3 Å². The topological polar surface area (TPSA) is 47.0 Å². The molecule has 3 fully saturated rings. The number of carbonyl (C=O) groups is 1. The van der Waals surface area contributed by atoms with E-state index >= 15 is 0 Å². The third-order valence-electron chi connectivity index (χ3n) is 8.40. The van der Waals surface area contributed by atoms with Gasteiger partial charge in [-0.15, -0.1) is 0 Å². The quantitative estimate of drug-likeness (QED) is 0.722. The SMILES string of the molecule is C[C@@H](CCc1ccc(O)cc1)N1CCC2(CC1)C[C@@H]2C(=O)N1CCN(c2ccccc2)CC1. The number of amides is 1. The number of nitrogens with zero attached hydrogens (tertiary/aromatic N) is 3. The van der Waals surface area contributed by atoms with Crippen LogP contribution in [0.5, 0.6) is 5.75 Å². The third-order valence-corrected chi connectivity index (χ3v) is 8.40. The maximum absolute atomic E-state index is 13.3. The van der Waals surface area contributed by atoms with Crippen molar-refractivity contribution < 1.29 is 9.90 Å². The lowest BCUT2D eigenvalue weighted by molar-refractivity contribution is -0.134. The van der Waals surface area contributed by atoms with E-state index in [9.17, 15) is 9.90 Å². The van der Waals surface area contributed by atoms with E-state index < -0.39 is 0 Å². The fourth-order valence-electron chi connectivity index (χ4n) is 5.92. The van der Waals surface area contributed by atoms with Gasteiger partial charge in [-0.3, -0.25) is 4.79 Å². The first kappa shape index (κ1) is 22.3. The number of aromatic hydroxyl groups is 1. The van der Waals surface area contributed by atoms with Gasteiger partial charge in [-0.25, -0.2) is 0 Å². The number of hydrogen-bond acceptors (Lipinski definition) is 4. The number of para-hydroxylation sites is 1. The van der Waals surface area contributed by atoms with Gasteiger partial charge in [0.15, 0.2) is 0 Å². The minimum Gasteiger partial charge on any atom is -0.508 e. The van der Waals surface area contributed by atoms with Crippen LogP contribution < -0.4 is 4.90 Å². The number of rotatable bonds is 6. The van der Waals surface area contributed by atoms with Gasteiger partial charge >= 0.3 is 0 Å². The van der Waals surface area contributed by atoms with Crippen LogP contribution in [-0.4, -0.2) is 66.1 Å². The maximum Gasteiger partial charge on any atom is 0.226 e. The van der Waals surface area contributed by atoms with Gasteiger partial charge in [0.25, 0.3) is 0 Å². The van der Waals surface area contributed by atoms with Crippen LogP contribution in [0.15, 0.2) is 54.6 Å². The summed E-state index contributed by atoms with van der Waals surface area (Å²) in [6.07, 6.45) is 5.60. The van der Waals surface area contributed by atoms with Crippen molar-refractivity contribution in [1.29, 1.82) is 0 Å². The Morgan fingerprint density at radius 1 is 0.970 bits per heavy atom. The summed E-state index contributed by atoms with van der Waals surface area (Å²) < 4.78 is 0. The summed E-state index contributed by atoms with van der Waals surface area (Å²) in [6.45, 7) is 8.12. The Hall–Kier alpha value is -2.53. The Balaban J connectivity index is 1.06. The van der Waals surface area contributed by atoms with E-state index in [4.69, 9.17) is 0 Å². The van der Waals surface area contributed by atoms with Crippen LogP contribution in [0.3, 0.4) is 0 Å². The van der Waals surface area contributed by atoms with Gasteiger partial charge < -0.3 is 19.8 Å². The smallest absolute Gasteiger partial charge is 0.226 e. The van der Waals surface area contributed by atoms with Crippen molar-refractivity contribution in [1.82, 2.24) is 9.80 Å². The standard InChI is InChI=1S/C28H37N3O2/c1-22(7-8-23-9-11-25(32)12-10-23)29-15-13-28(14-16-29)21-26(28)27(33)31-19-17-30(18-20-31)24-5-3-2-4-6-24/h2-6,9-12,22,26,32H,7-8,13-21H2,1H3/t22-,26+/m0/s1. The summed E-state index contributed by atoms with van der Waals surface area (Å²) in [5.74, 6) is 1.01. The number of phenols is 1. The first-order valence-electron chi connectivity index (χ1n) is 12.6. The Labute approximate surface area is 198 Å². The molecule has 5 heteroatoms. The van der Waals surface area contributed by atoms with Gasteiger partial charge in [-0.05, 0) is 87.4 Å². The molecule has 2 aromatic rings. The molecule has 3 aliphatic rings. The minimum absolute atomic E-state index is 0.259. The number of aryl methyl sites for hydroxylation is 1. The Morgan fingerprint density at radius 2 is 1.64 bits per heavy atom. The molecule has 2 saturated heterocycles. The molecule has 5 rings (SSSR count). The zero-order chi connectivity index (χ0) is 22.8. The molecule has 0 bridgehead atoms. The predicted octanol–water partition coefficient (Wildman–Crippen LogP) is 4.16. The highest BCUT2D eigenvalue weighted by atomic mass is 16.3. The van der Waals surface area contributed by atoms with Crippen molar-refractivity contribution >= 4 is 11.6 Å². The number of piperidine rings is 1. The second-order valence-electron chi connectivity index (χ2n) is 10.4. The molecule has 0 unspecified atom stereocenters. The zero-order valence-electron chi connectivity index (χ0n) is 19.8. The minimum atomic E-state index is 0.259. The normalized spacial score (nSPS) is 23.5. The molecular weight excluding hydrogens is 410 g/mol. The molecule has 1 spiro atoms. The molecule has 0 aromatic heterocycles.